The van der Waals surface area contributed by atoms with Crippen LogP contribution in [0, 0.1) is 12.3 Å². The number of carbonyl (C=O) groups excluding carboxylic acids is 2. The van der Waals surface area contributed by atoms with Crippen molar-refractivity contribution in [2.45, 2.75) is 26.3 Å². The van der Waals surface area contributed by atoms with Crippen molar-refractivity contribution in [3.8, 4) is 0 Å². The molecule has 0 spiro atoms. The third kappa shape index (κ3) is 4.66. The smallest absolute Gasteiger partial charge is 0.248 e. The zero-order chi connectivity index (χ0) is 15.1. The summed E-state index contributed by atoms with van der Waals surface area (Å²) in [6, 6.07) is 6.59. The van der Waals surface area contributed by atoms with Crippen molar-refractivity contribution < 1.29 is 14.7 Å². The van der Waals surface area contributed by atoms with Gasteiger partial charge in [0.05, 0.1) is 12.6 Å². The second kappa shape index (κ2) is 7.65. The second-order valence-electron chi connectivity index (χ2n) is 4.96. The van der Waals surface area contributed by atoms with Crippen molar-refractivity contribution >= 4 is 11.8 Å². The average molecular weight is 277 g/mol. The topological polar surface area (TPSA) is 92.4 Å². The summed E-state index contributed by atoms with van der Waals surface area (Å²) in [7, 11) is 0. The molecular weight excluding hydrogens is 256 g/mol. The van der Waals surface area contributed by atoms with E-state index < -0.39 is 5.91 Å². The van der Waals surface area contributed by atoms with Gasteiger partial charge in [-0.1, -0.05) is 32.0 Å². The first-order valence-electron chi connectivity index (χ1n) is 6.58. The first kappa shape index (κ1) is 16.2. The normalized spacial score (nSPS) is 12.2. The van der Waals surface area contributed by atoms with Gasteiger partial charge in [0.15, 0.2) is 0 Å². The molecule has 20 heavy (non-hydrogen) atoms. The number of amides is 2. The van der Waals surface area contributed by atoms with E-state index in [1.165, 1.54) is 0 Å². The minimum Gasteiger partial charge on any atom is -0.394 e. The number of rotatable bonds is 7. The minimum absolute atomic E-state index is 0.0960. The van der Waals surface area contributed by atoms with E-state index >= 15 is 0 Å². The summed E-state index contributed by atoms with van der Waals surface area (Å²) >= 11 is 0. The molecule has 1 aromatic carbocycles. The molecule has 0 aliphatic heterocycles. The van der Waals surface area contributed by atoms with Crippen LogP contribution in [0.15, 0.2) is 24.3 Å². The Morgan fingerprint density at radius 3 is 2.55 bits per heavy atom. The van der Waals surface area contributed by atoms with E-state index in [0.29, 0.717) is 11.1 Å². The number of hydrogen-bond donors (Lipinski definition) is 3. The quantitative estimate of drug-likeness (QED) is 0.690. The first-order chi connectivity index (χ1) is 9.45. The van der Waals surface area contributed by atoms with E-state index in [1.54, 1.807) is 30.7 Å². The van der Waals surface area contributed by atoms with E-state index in [-0.39, 0.29) is 30.9 Å². The van der Waals surface area contributed by atoms with E-state index in [4.69, 9.17) is 10.8 Å². The van der Waals surface area contributed by atoms with Crippen molar-refractivity contribution in [3.05, 3.63) is 41.8 Å². The number of primary amides is 1. The summed E-state index contributed by atoms with van der Waals surface area (Å²) in [6.45, 7) is 3.75. The summed E-state index contributed by atoms with van der Waals surface area (Å²) in [6.07, 6.45) is 1.79. The van der Waals surface area contributed by atoms with Gasteiger partial charge in [0, 0.05) is 18.4 Å². The van der Waals surface area contributed by atoms with Crippen molar-refractivity contribution in [2.75, 3.05) is 6.61 Å². The van der Waals surface area contributed by atoms with Crippen LogP contribution < -0.4 is 11.1 Å². The number of nitrogens with one attached hydrogen (secondary N) is 1. The van der Waals surface area contributed by atoms with Crippen LogP contribution in [0.4, 0.5) is 0 Å². The molecule has 0 saturated carbocycles. The molecule has 0 aliphatic carbocycles. The van der Waals surface area contributed by atoms with Gasteiger partial charge < -0.3 is 16.2 Å². The second-order valence-corrected chi connectivity index (χ2v) is 4.96. The Hall–Kier alpha value is -1.88. The third-order valence-electron chi connectivity index (χ3n) is 3.08. The largest absolute Gasteiger partial charge is 0.394 e. The molecule has 1 rings (SSSR count). The van der Waals surface area contributed by atoms with Gasteiger partial charge in [0.2, 0.25) is 11.8 Å². The number of hydrogen-bond acceptors (Lipinski definition) is 3. The summed E-state index contributed by atoms with van der Waals surface area (Å²) in [5, 5.41) is 11.9. The molecule has 4 N–H and O–H groups in total. The molecule has 0 unspecified atom stereocenters. The maximum Gasteiger partial charge on any atom is 0.248 e. The summed E-state index contributed by atoms with van der Waals surface area (Å²) in [5.41, 5.74) is 6.30. The minimum atomic E-state index is -0.521. The van der Waals surface area contributed by atoms with Gasteiger partial charge >= 0.3 is 0 Å². The Bertz CT molecular complexity index is 472. The van der Waals surface area contributed by atoms with E-state index in [1.807, 2.05) is 13.8 Å². The van der Waals surface area contributed by atoms with Crippen LogP contribution in [0.25, 0.3) is 0 Å². The van der Waals surface area contributed by atoms with Crippen LogP contribution in [0.5, 0.6) is 0 Å². The van der Waals surface area contributed by atoms with Gasteiger partial charge in [0.1, 0.15) is 0 Å². The lowest BCUT2D eigenvalue weighted by Crippen LogP contribution is -2.41. The Labute approximate surface area is 119 Å². The van der Waals surface area contributed by atoms with Crippen molar-refractivity contribution in [3.63, 3.8) is 0 Å². The van der Waals surface area contributed by atoms with Crippen molar-refractivity contribution in [2.24, 2.45) is 11.7 Å². The Kier molecular flexibility index (Phi) is 6.18. The fourth-order valence-electron chi connectivity index (χ4n) is 1.79. The molecule has 5 heteroatoms. The molecule has 1 atom stereocenters. The zero-order valence-electron chi connectivity index (χ0n) is 11.8. The third-order valence-corrected chi connectivity index (χ3v) is 3.08. The van der Waals surface area contributed by atoms with Crippen LogP contribution in [0.2, 0.25) is 0 Å². The first-order valence-corrected chi connectivity index (χ1v) is 6.58. The Balaban J connectivity index is 2.59. The maximum absolute atomic E-state index is 11.8. The number of nitrogens with two attached hydrogens (primary N) is 1. The molecule has 5 nitrogen and oxygen atoms in total. The van der Waals surface area contributed by atoms with Crippen LogP contribution in [0.1, 0.15) is 36.2 Å². The van der Waals surface area contributed by atoms with Crippen LogP contribution in [0.3, 0.4) is 0 Å². The van der Waals surface area contributed by atoms with E-state index in [0.717, 1.165) is 0 Å². The Morgan fingerprint density at radius 2 is 2.00 bits per heavy atom. The van der Waals surface area contributed by atoms with E-state index in [9.17, 15) is 9.59 Å². The molecule has 1 radical (unpaired) electrons. The van der Waals surface area contributed by atoms with Crippen LogP contribution >= 0.6 is 0 Å². The molecule has 2 amide bonds. The van der Waals surface area contributed by atoms with Gasteiger partial charge in [-0.2, -0.15) is 0 Å². The van der Waals surface area contributed by atoms with Gasteiger partial charge in [-0.05, 0) is 17.5 Å². The number of benzene rings is 1. The molecule has 0 fully saturated rings. The fourth-order valence-corrected chi connectivity index (χ4v) is 1.79. The SMILES string of the molecule is CC(C)[C@H](CO)NC(=O)C[CH]c1ccccc1C(N)=O. The van der Waals surface area contributed by atoms with Crippen molar-refractivity contribution in [1.29, 1.82) is 0 Å². The summed E-state index contributed by atoms with van der Waals surface area (Å²) in [5.74, 6) is -0.563. The highest BCUT2D eigenvalue weighted by Crippen LogP contribution is 2.12. The lowest BCUT2D eigenvalue weighted by Gasteiger charge is -2.19. The van der Waals surface area contributed by atoms with Gasteiger partial charge in [-0.15, -0.1) is 0 Å². The number of carbonyl (C=O) groups is 2. The maximum atomic E-state index is 11.8. The highest BCUT2D eigenvalue weighted by Gasteiger charge is 2.15. The van der Waals surface area contributed by atoms with Crippen molar-refractivity contribution in [1.82, 2.24) is 5.32 Å². The zero-order valence-corrected chi connectivity index (χ0v) is 11.8. The molecule has 0 bridgehead atoms. The van der Waals surface area contributed by atoms with Crippen LogP contribution in [-0.4, -0.2) is 29.6 Å². The fraction of sp³-hybridized carbons (Fsp3) is 0.400. The van der Waals surface area contributed by atoms with Gasteiger partial charge in [-0.3, -0.25) is 9.59 Å². The molecule has 1 aromatic rings. The monoisotopic (exact) mass is 277 g/mol. The molecular formula is C15H21N2O3. The van der Waals surface area contributed by atoms with Crippen LogP contribution in [-0.2, 0) is 4.79 Å². The summed E-state index contributed by atoms with van der Waals surface area (Å²) in [4.78, 5) is 23.1. The molecule has 0 heterocycles. The predicted molar refractivity (Wildman–Crippen MR) is 76.8 cm³/mol. The molecule has 0 aliphatic rings. The van der Waals surface area contributed by atoms with Gasteiger partial charge in [0.25, 0.3) is 0 Å². The molecule has 0 saturated heterocycles. The standard InChI is InChI=1S/C15H21N2O3/c1-10(2)13(9-18)17-14(19)8-7-11-5-3-4-6-12(11)15(16)20/h3-7,10,13,18H,8-9H2,1-2H3,(H2,16,20)(H,17,19)/t13-/m0/s1. The highest BCUT2D eigenvalue weighted by molar-refractivity contribution is 5.95. The predicted octanol–water partition coefficient (Wildman–Crippen LogP) is 0.861. The number of aliphatic hydroxyl groups excluding tert-OH is 1. The Morgan fingerprint density at radius 1 is 1.35 bits per heavy atom. The van der Waals surface area contributed by atoms with E-state index in [2.05, 4.69) is 5.32 Å². The summed E-state index contributed by atoms with van der Waals surface area (Å²) < 4.78 is 0. The molecule has 109 valence electrons. The van der Waals surface area contributed by atoms with Gasteiger partial charge in [-0.25, -0.2) is 0 Å². The number of aliphatic hydroxyl groups is 1. The highest BCUT2D eigenvalue weighted by atomic mass is 16.3. The lowest BCUT2D eigenvalue weighted by atomic mass is 10.0. The molecule has 0 aromatic heterocycles. The average Bonchev–Trinajstić information content (AvgIpc) is 2.42. The lowest BCUT2D eigenvalue weighted by molar-refractivity contribution is -0.121.